The molecule has 0 saturated heterocycles. The second-order valence-corrected chi connectivity index (χ2v) is 7.43. The number of hydrogen-bond donors (Lipinski definition) is 1. The molecular weight excluding hydrogens is 417 g/mol. The van der Waals surface area contributed by atoms with Crippen molar-refractivity contribution in [2.75, 3.05) is 6.61 Å². The zero-order valence-corrected chi connectivity index (χ0v) is 17.4. The number of nitrogens with zero attached hydrogens (tertiary/aromatic N) is 2. The normalized spacial score (nSPS) is 11.7. The van der Waals surface area contributed by atoms with Crippen molar-refractivity contribution in [3.8, 4) is 5.75 Å². The highest BCUT2D eigenvalue weighted by Crippen LogP contribution is 2.35. The van der Waals surface area contributed by atoms with Crippen LogP contribution in [0.25, 0.3) is 0 Å². The summed E-state index contributed by atoms with van der Waals surface area (Å²) in [6.45, 7) is 4.56. The van der Waals surface area contributed by atoms with Crippen molar-refractivity contribution in [2.45, 2.75) is 39.6 Å². The first-order valence-corrected chi connectivity index (χ1v) is 9.78. The van der Waals surface area contributed by atoms with Gasteiger partial charge in [-0.05, 0) is 61.2 Å². The van der Waals surface area contributed by atoms with E-state index >= 15 is 0 Å². The number of alkyl halides is 3. The number of halogens is 4. The first kappa shape index (κ1) is 22.2. The molecule has 1 aromatic heterocycles. The standard InChI is InChI=1S/C22H22ClF3N2O2/c1-14-19(9-10-29)15(2)28(27-14)12-16-3-6-18(7-4-16)30-13-17-5-8-21(23)20(11-17)22(24,25)26/h3-8,11,29H,9-10,12-13H2,1-2H3. The smallest absolute Gasteiger partial charge is 0.417 e. The molecule has 0 atom stereocenters. The van der Waals surface area contributed by atoms with Crippen LogP contribution in [-0.4, -0.2) is 21.5 Å². The average molecular weight is 439 g/mol. The van der Waals surface area contributed by atoms with Crippen molar-refractivity contribution in [2.24, 2.45) is 0 Å². The molecule has 0 amide bonds. The Bertz CT molecular complexity index is 1010. The highest BCUT2D eigenvalue weighted by molar-refractivity contribution is 6.31. The lowest BCUT2D eigenvalue weighted by Gasteiger charge is -2.12. The van der Waals surface area contributed by atoms with Crippen LogP contribution in [0.4, 0.5) is 13.2 Å². The largest absolute Gasteiger partial charge is 0.489 e. The van der Waals surface area contributed by atoms with Crippen LogP contribution in [0.2, 0.25) is 5.02 Å². The van der Waals surface area contributed by atoms with Crippen molar-refractivity contribution in [3.05, 3.63) is 81.1 Å². The number of aliphatic hydroxyl groups excluding tert-OH is 1. The second-order valence-electron chi connectivity index (χ2n) is 7.03. The molecule has 160 valence electrons. The molecule has 1 heterocycles. The van der Waals surface area contributed by atoms with Crippen LogP contribution in [0.5, 0.6) is 5.75 Å². The Balaban J connectivity index is 1.65. The van der Waals surface area contributed by atoms with Crippen LogP contribution >= 0.6 is 11.6 Å². The van der Waals surface area contributed by atoms with E-state index in [1.165, 1.54) is 12.1 Å². The molecule has 4 nitrogen and oxygen atoms in total. The van der Waals surface area contributed by atoms with Crippen molar-refractivity contribution < 1.29 is 23.0 Å². The van der Waals surface area contributed by atoms with Crippen LogP contribution in [0.15, 0.2) is 42.5 Å². The minimum Gasteiger partial charge on any atom is -0.489 e. The fourth-order valence-corrected chi connectivity index (χ4v) is 3.50. The van der Waals surface area contributed by atoms with E-state index < -0.39 is 11.7 Å². The van der Waals surface area contributed by atoms with Gasteiger partial charge >= 0.3 is 6.18 Å². The summed E-state index contributed by atoms with van der Waals surface area (Å²) in [5.41, 5.74) is 3.50. The third-order valence-corrected chi connectivity index (χ3v) is 5.22. The maximum Gasteiger partial charge on any atom is 0.417 e. The molecule has 0 radical (unpaired) electrons. The van der Waals surface area contributed by atoms with Crippen molar-refractivity contribution in [1.29, 1.82) is 0 Å². The van der Waals surface area contributed by atoms with Gasteiger partial charge in [0.15, 0.2) is 0 Å². The fourth-order valence-electron chi connectivity index (χ4n) is 3.27. The quantitative estimate of drug-likeness (QED) is 0.542. The summed E-state index contributed by atoms with van der Waals surface area (Å²) < 4.78 is 46.4. The van der Waals surface area contributed by atoms with Gasteiger partial charge in [-0.1, -0.05) is 29.8 Å². The minimum absolute atomic E-state index is 0.00156. The summed E-state index contributed by atoms with van der Waals surface area (Å²) in [5.74, 6) is 0.552. The van der Waals surface area contributed by atoms with Gasteiger partial charge in [-0.3, -0.25) is 4.68 Å². The molecule has 8 heteroatoms. The van der Waals surface area contributed by atoms with Crippen molar-refractivity contribution in [1.82, 2.24) is 9.78 Å². The van der Waals surface area contributed by atoms with Gasteiger partial charge in [-0.25, -0.2) is 0 Å². The van der Waals surface area contributed by atoms with Crippen LogP contribution in [-0.2, 0) is 25.7 Å². The monoisotopic (exact) mass is 438 g/mol. The van der Waals surface area contributed by atoms with E-state index in [0.717, 1.165) is 28.6 Å². The summed E-state index contributed by atoms with van der Waals surface area (Å²) in [6, 6.07) is 11.1. The maximum atomic E-state index is 13.0. The van der Waals surface area contributed by atoms with Gasteiger partial charge in [0.05, 0.1) is 22.8 Å². The topological polar surface area (TPSA) is 47.3 Å². The molecule has 0 fully saturated rings. The Hall–Kier alpha value is -2.51. The Labute approximate surface area is 177 Å². The van der Waals surface area contributed by atoms with E-state index in [-0.39, 0.29) is 18.2 Å². The van der Waals surface area contributed by atoms with Crippen molar-refractivity contribution >= 4 is 11.6 Å². The summed E-state index contributed by atoms with van der Waals surface area (Å²) >= 11 is 5.64. The van der Waals surface area contributed by atoms with Crippen LogP contribution < -0.4 is 4.74 Å². The molecule has 0 spiro atoms. The van der Waals surface area contributed by atoms with Crippen LogP contribution in [0.3, 0.4) is 0 Å². The number of hydrogen-bond acceptors (Lipinski definition) is 3. The molecular formula is C22H22ClF3N2O2. The van der Waals surface area contributed by atoms with E-state index in [9.17, 15) is 18.3 Å². The lowest BCUT2D eigenvalue weighted by molar-refractivity contribution is -0.137. The highest BCUT2D eigenvalue weighted by Gasteiger charge is 2.33. The van der Waals surface area contributed by atoms with Crippen molar-refractivity contribution in [3.63, 3.8) is 0 Å². The second kappa shape index (κ2) is 9.10. The first-order chi connectivity index (χ1) is 14.2. The van der Waals surface area contributed by atoms with Gasteiger partial charge in [-0.2, -0.15) is 18.3 Å². The summed E-state index contributed by atoms with van der Waals surface area (Å²) in [4.78, 5) is 0. The summed E-state index contributed by atoms with van der Waals surface area (Å²) in [6.07, 6.45) is -3.93. The number of aromatic nitrogens is 2. The van der Waals surface area contributed by atoms with Gasteiger partial charge in [0.1, 0.15) is 12.4 Å². The lowest BCUT2D eigenvalue weighted by atomic mass is 10.1. The lowest BCUT2D eigenvalue weighted by Crippen LogP contribution is -2.07. The van der Waals surface area contributed by atoms with E-state index in [4.69, 9.17) is 16.3 Å². The number of rotatable bonds is 7. The van der Waals surface area contributed by atoms with Gasteiger partial charge in [0.25, 0.3) is 0 Å². The maximum absolute atomic E-state index is 13.0. The predicted molar refractivity (Wildman–Crippen MR) is 109 cm³/mol. The highest BCUT2D eigenvalue weighted by atomic mass is 35.5. The molecule has 0 unspecified atom stereocenters. The van der Waals surface area contributed by atoms with Crippen LogP contribution in [0.1, 0.15) is 33.6 Å². The van der Waals surface area contributed by atoms with Gasteiger partial charge < -0.3 is 9.84 Å². The molecule has 0 aliphatic rings. The Morgan fingerprint density at radius 1 is 1.07 bits per heavy atom. The molecule has 30 heavy (non-hydrogen) atoms. The predicted octanol–water partition coefficient (Wildman–Crippen LogP) is 5.33. The number of benzene rings is 2. The van der Waals surface area contributed by atoms with E-state index in [2.05, 4.69) is 5.10 Å². The fraction of sp³-hybridized carbons (Fsp3) is 0.318. The van der Waals surface area contributed by atoms with Crippen LogP contribution in [0, 0.1) is 13.8 Å². The minimum atomic E-state index is -4.51. The third kappa shape index (κ3) is 5.15. The van der Waals surface area contributed by atoms with E-state index in [1.807, 2.05) is 30.7 Å². The number of aliphatic hydroxyl groups is 1. The number of ether oxygens (including phenoxy) is 1. The molecule has 2 aromatic carbocycles. The summed E-state index contributed by atoms with van der Waals surface area (Å²) in [5, 5.41) is 13.4. The molecule has 3 rings (SSSR count). The third-order valence-electron chi connectivity index (χ3n) is 4.89. The zero-order chi connectivity index (χ0) is 21.9. The van der Waals surface area contributed by atoms with E-state index in [1.54, 1.807) is 12.1 Å². The Morgan fingerprint density at radius 2 is 1.73 bits per heavy atom. The molecule has 0 aliphatic carbocycles. The molecule has 0 bridgehead atoms. The average Bonchev–Trinajstić information content (AvgIpc) is 2.95. The SMILES string of the molecule is Cc1nn(Cc2ccc(OCc3ccc(Cl)c(C(F)(F)F)c3)cc2)c(C)c1CCO. The number of aryl methyl sites for hydroxylation is 1. The first-order valence-electron chi connectivity index (χ1n) is 9.40. The summed E-state index contributed by atoms with van der Waals surface area (Å²) in [7, 11) is 0. The molecule has 0 aliphatic heterocycles. The van der Waals surface area contributed by atoms with Gasteiger partial charge in [0, 0.05) is 12.3 Å². The molecule has 1 N–H and O–H groups in total. The Kier molecular flexibility index (Phi) is 6.73. The van der Waals surface area contributed by atoms with E-state index in [0.29, 0.717) is 24.3 Å². The van der Waals surface area contributed by atoms with Gasteiger partial charge in [0.2, 0.25) is 0 Å². The van der Waals surface area contributed by atoms with Gasteiger partial charge in [-0.15, -0.1) is 0 Å². The zero-order valence-electron chi connectivity index (χ0n) is 16.6. The molecule has 3 aromatic rings. The Morgan fingerprint density at radius 3 is 2.37 bits per heavy atom. The molecule has 0 saturated carbocycles.